The SMILES string of the molecule is COc1nn(CCC(=O)Nc2ccc(-c3ccccc3)cc2)cc1[N+](=O)[O-]. The molecule has 0 saturated carbocycles. The van der Waals surface area contributed by atoms with Gasteiger partial charge in [0.2, 0.25) is 5.91 Å². The number of amides is 1. The number of hydrogen-bond acceptors (Lipinski definition) is 5. The molecule has 138 valence electrons. The summed E-state index contributed by atoms with van der Waals surface area (Å²) in [5.41, 5.74) is 2.62. The number of aryl methyl sites for hydroxylation is 1. The number of ether oxygens (including phenoxy) is 1. The number of hydrogen-bond donors (Lipinski definition) is 1. The van der Waals surface area contributed by atoms with Crippen LogP contribution >= 0.6 is 0 Å². The molecular weight excluding hydrogens is 348 g/mol. The molecule has 3 rings (SSSR count). The highest BCUT2D eigenvalue weighted by molar-refractivity contribution is 5.90. The molecular formula is C19H18N4O4. The molecule has 1 N–H and O–H groups in total. The topological polar surface area (TPSA) is 99.3 Å². The summed E-state index contributed by atoms with van der Waals surface area (Å²) in [6.45, 7) is 0.206. The molecule has 1 amide bonds. The minimum Gasteiger partial charge on any atom is -0.475 e. The van der Waals surface area contributed by atoms with Crippen LogP contribution in [0.2, 0.25) is 0 Å². The highest BCUT2D eigenvalue weighted by atomic mass is 16.6. The minimum atomic E-state index is -0.573. The summed E-state index contributed by atoms with van der Waals surface area (Å²) < 4.78 is 6.19. The Morgan fingerprint density at radius 1 is 1.15 bits per heavy atom. The number of benzene rings is 2. The van der Waals surface area contributed by atoms with Gasteiger partial charge in [0.1, 0.15) is 6.20 Å². The average molecular weight is 366 g/mol. The Labute approximate surface area is 155 Å². The number of nitrogens with zero attached hydrogens (tertiary/aromatic N) is 3. The zero-order valence-electron chi connectivity index (χ0n) is 14.7. The fourth-order valence-electron chi connectivity index (χ4n) is 2.59. The third-order valence-corrected chi connectivity index (χ3v) is 3.94. The van der Waals surface area contributed by atoms with Crippen LogP contribution in [0.15, 0.2) is 60.8 Å². The largest absolute Gasteiger partial charge is 0.475 e. The second kappa shape index (κ2) is 8.13. The van der Waals surface area contributed by atoms with Gasteiger partial charge in [-0.25, -0.2) is 0 Å². The number of methoxy groups -OCH3 is 1. The molecule has 0 atom stereocenters. The highest BCUT2D eigenvalue weighted by Crippen LogP contribution is 2.24. The first-order valence-electron chi connectivity index (χ1n) is 8.28. The van der Waals surface area contributed by atoms with Crippen molar-refractivity contribution in [1.82, 2.24) is 9.78 Å². The van der Waals surface area contributed by atoms with Gasteiger partial charge in [0.25, 0.3) is 0 Å². The van der Waals surface area contributed by atoms with Crippen LogP contribution < -0.4 is 10.1 Å². The smallest absolute Gasteiger partial charge is 0.350 e. The van der Waals surface area contributed by atoms with Gasteiger partial charge in [0, 0.05) is 12.1 Å². The maximum atomic E-state index is 12.1. The molecule has 27 heavy (non-hydrogen) atoms. The molecule has 0 bridgehead atoms. The van der Waals surface area contributed by atoms with E-state index in [0.717, 1.165) is 11.1 Å². The van der Waals surface area contributed by atoms with Crippen molar-refractivity contribution in [1.29, 1.82) is 0 Å². The molecule has 8 heteroatoms. The third-order valence-electron chi connectivity index (χ3n) is 3.94. The van der Waals surface area contributed by atoms with Crippen molar-refractivity contribution in [3.8, 4) is 17.0 Å². The number of anilines is 1. The molecule has 0 fully saturated rings. The van der Waals surface area contributed by atoms with Gasteiger partial charge >= 0.3 is 11.6 Å². The zero-order chi connectivity index (χ0) is 19.2. The van der Waals surface area contributed by atoms with E-state index < -0.39 is 4.92 Å². The van der Waals surface area contributed by atoms with Gasteiger partial charge in [-0.3, -0.25) is 19.6 Å². The lowest BCUT2D eigenvalue weighted by atomic mass is 10.1. The normalized spacial score (nSPS) is 10.4. The van der Waals surface area contributed by atoms with E-state index in [1.807, 2.05) is 54.6 Å². The Morgan fingerprint density at radius 2 is 1.81 bits per heavy atom. The third kappa shape index (κ3) is 4.49. The fourth-order valence-corrected chi connectivity index (χ4v) is 2.59. The standard InChI is InChI=1S/C19H18N4O4/c1-27-19-17(23(25)26)13-22(21-19)12-11-18(24)20-16-9-7-15(8-10-16)14-5-3-2-4-6-14/h2-10,13H,11-12H2,1H3,(H,20,24). The van der Waals surface area contributed by atoms with Gasteiger partial charge in [-0.05, 0) is 23.3 Å². The summed E-state index contributed by atoms with van der Waals surface area (Å²) in [4.78, 5) is 22.4. The van der Waals surface area contributed by atoms with Crippen LogP contribution in [0.3, 0.4) is 0 Å². The average Bonchev–Trinajstić information content (AvgIpc) is 3.11. The lowest BCUT2D eigenvalue weighted by Crippen LogP contribution is -2.14. The highest BCUT2D eigenvalue weighted by Gasteiger charge is 2.20. The number of rotatable bonds is 7. The molecule has 0 saturated heterocycles. The first-order valence-corrected chi connectivity index (χ1v) is 8.28. The molecule has 0 unspecified atom stereocenters. The van der Waals surface area contributed by atoms with Crippen LogP contribution in [-0.4, -0.2) is 27.7 Å². The number of carbonyl (C=O) groups excluding carboxylic acids is 1. The van der Waals surface area contributed by atoms with E-state index in [0.29, 0.717) is 5.69 Å². The maximum Gasteiger partial charge on any atom is 0.350 e. The van der Waals surface area contributed by atoms with Crippen LogP contribution in [0, 0.1) is 10.1 Å². The minimum absolute atomic E-state index is 0.0723. The van der Waals surface area contributed by atoms with Crippen molar-refractivity contribution in [3.63, 3.8) is 0 Å². The molecule has 3 aromatic rings. The summed E-state index contributed by atoms with van der Waals surface area (Å²) in [6, 6.07) is 17.5. The number of carbonyl (C=O) groups is 1. The summed E-state index contributed by atoms with van der Waals surface area (Å²) >= 11 is 0. The van der Waals surface area contributed by atoms with Gasteiger partial charge < -0.3 is 10.1 Å². The summed E-state index contributed by atoms with van der Waals surface area (Å²) in [7, 11) is 1.31. The molecule has 0 aliphatic heterocycles. The number of aromatic nitrogens is 2. The Hall–Kier alpha value is -3.68. The second-order valence-electron chi connectivity index (χ2n) is 5.79. The molecule has 8 nitrogen and oxygen atoms in total. The summed E-state index contributed by atoms with van der Waals surface area (Å²) in [5, 5.41) is 17.6. The molecule has 0 aliphatic carbocycles. The molecule has 0 spiro atoms. The van der Waals surface area contributed by atoms with E-state index >= 15 is 0 Å². The van der Waals surface area contributed by atoms with E-state index in [9.17, 15) is 14.9 Å². The van der Waals surface area contributed by atoms with Gasteiger partial charge in [-0.2, -0.15) is 0 Å². The van der Waals surface area contributed by atoms with Gasteiger partial charge in [0.15, 0.2) is 0 Å². The lowest BCUT2D eigenvalue weighted by Gasteiger charge is -2.07. The van der Waals surface area contributed by atoms with Crippen LogP contribution in [0.4, 0.5) is 11.4 Å². The number of nitro groups is 1. The van der Waals surface area contributed by atoms with E-state index in [4.69, 9.17) is 4.74 Å². The first kappa shape index (κ1) is 18.1. The van der Waals surface area contributed by atoms with E-state index in [1.165, 1.54) is 18.0 Å². The fraction of sp³-hybridized carbons (Fsp3) is 0.158. The van der Waals surface area contributed by atoms with Crippen molar-refractivity contribution in [2.45, 2.75) is 13.0 Å². The molecule has 2 aromatic carbocycles. The molecule has 1 aromatic heterocycles. The quantitative estimate of drug-likeness (QED) is 0.510. The van der Waals surface area contributed by atoms with Crippen molar-refractivity contribution in [3.05, 3.63) is 70.9 Å². The Balaban J connectivity index is 1.57. The van der Waals surface area contributed by atoms with Crippen molar-refractivity contribution in [2.24, 2.45) is 0 Å². The van der Waals surface area contributed by atoms with Crippen molar-refractivity contribution in [2.75, 3.05) is 12.4 Å². The zero-order valence-corrected chi connectivity index (χ0v) is 14.7. The lowest BCUT2D eigenvalue weighted by molar-refractivity contribution is -0.385. The van der Waals surface area contributed by atoms with Crippen LogP contribution in [0.25, 0.3) is 11.1 Å². The predicted molar refractivity (Wildman–Crippen MR) is 101 cm³/mol. The van der Waals surface area contributed by atoms with E-state index in [-0.39, 0.29) is 30.4 Å². The molecule has 0 aliphatic rings. The predicted octanol–water partition coefficient (Wildman–Crippen LogP) is 3.50. The van der Waals surface area contributed by atoms with Crippen molar-refractivity contribution < 1.29 is 14.5 Å². The van der Waals surface area contributed by atoms with Crippen LogP contribution in [-0.2, 0) is 11.3 Å². The Bertz CT molecular complexity index is 936. The first-order chi connectivity index (χ1) is 13.1. The Kier molecular flexibility index (Phi) is 5.46. The van der Waals surface area contributed by atoms with E-state index in [2.05, 4.69) is 10.4 Å². The van der Waals surface area contributed by atoms with Crippen molar-refractivity contribution >= 4 is 17.3 Å². The van der Waals surface area contributed by atoms with Gasteiger partial charge in [0.05, 0.1) is 18.6 Å². The molecule has 1 heterocycles. The maximum absolute atomic E-state index is 12.1. The van der Waals surface area contributed by atoms with Crippen LogP contribution in [0.1, 0.15) is 6.42 Å². The summed E-state index contributed by atoms with van der Waals surface area (Å²) in [5.74, 6) is -0.281. The second-order valence-corrected chi connectivity index (χ2v) is 5.79. The number of nitrogens with one attached hydrogen (secondary N) is 1. The monoisotopic (exact) mass is 366 g/mol. The van der Waals surface area contributed by atoms with Gasteiger partial charge in [-0.15, -0.1) is 5.10 Å². The molecule has 0 radical (unpaired) electrons. The van der Waals surface area contributed by atoms with Gasteiger partial charge in [-0.1, -0.05) is 42.5 Å². The Morgan fingerprint density at radius 3 is 2.41 bits per heavy atom. The summed E-state index contributed by atoms with van der Waals surface area (Å²) in [6.07, 6.45) is 1.38. The van der Waals surface area contributed by atoms with E-state index in [1.54, 1.807) is 0 Å². The van der Waals surface area contributed by atoms with Crippen LogP contribution in [0.5, 0.6) is 5.88 Å².